The summed E-state index contributed by atoms with van der Waals surface area (Å²) in [4.78, 5) is 0. The van der Waals surface area contributed by atoms with E-state index in [1.807, 2.05) is 0 Å². The lowest BCUT2D eigenvalue weighted by Crippen LogP contribution is -2.08. The van der Waals surface area contributed by atoms with Crippen LogP contribution in [0.4, 0.5) is 13.2 Å². The first-order valence-corrected chi connectivity index (χ1v) is 6.22. The smallest absolute Gasteiger partial charge is 0.135 e. The van der Waals surface area contributed by atoms with Gasteiger partial charge in [0, 0.05) is 0 Å². The molecule has 2 rings (SSSR count). The molecule has 0 saturated heterocycles. The number of aryl methyl sites for hydroxylation is 3. The molecule has 20 heavy (non-hydrogen) atoms. The molecule has 106 valence electrons. The normalized spacial score (nSPS) is 12.6. The van der Waals surface area contributed by atoms with Gasteiger partial charge in [-0.2, -0.15) is 0 Å². The van der Waals surface area contributed by atoms with E-state index in [0.717, 1.165) is 6.07 Å². The fourth-order valence-corrected chi connectivity index (χ4v) is 2.23. The van der Waals surface area contributed by atoms with Crippen LogP contribution in [0.25, 0.3) is 0 Å². The van der Waals surface area contributed by atoms with Crippen LogP contribution >= 0.6 is 0 Å². The van der Waals surface area contributed by atoms with Crippen molar-refractivity contribution in [3.63, 3.8) is 0 Å². The fourth-order valence-electron chi connectivity index (χ4n) is 2.23. The van der Waals surface area contributed by atoms with Crippen LogP contribution < -0.4 is 0 Å². The van der Waals surface area contributed by atoms with Gasteiger partial charge in [-0.3, -0.25) is 0 Å². The Labute approximate surface area is 115 Å². The summed E-state index contributed by atoms with van der Waals surface area (Å²) in [6.07, 6.45) is -1.46. The van der Waals surface area contributed by atoms with E-state index in [-0.39, 0.29) is 16.9 Å². The summed E-state index contributed by atoms with van der Waals surface area (Å²) in [5.74, 6) is -1.98. The van der Waals surface area contributed by atoms with E-state index < -0.39 is 23.3 Å². The largest absolute Gasteiger partial charge is 0.383 e. The fraction of sp³-hybridized carbons (Fsp3) is 0.250. The molecule has 0 aliphatic rings. The highest BCUT2D eigenvalue weighted by Crippen LogP contribution is 2.30. The van der Waals surface area contributed by atoms with Gasteiger partial charge in [0.15, 0.2) is 0 Å². The van der Waals surface area contributed by atoms with E-state index in [9.17, 15) is 18.3 Å². The molecule has 0 bridgehead atoms. The third-order valence-electron chi connectivity index (χ3n) is 3.37. The predicted octanol–water partition coefficient (Wildman–Crippen LogP) is 4.11. The van der Waals surface area contributed by atoms with Gasteiger partial charge in [0.1, 0.15) is 23.6 Å². The molecule has 0 radical (unpaired) electrons. The lowest BCUT2D eigenvalue weighted by Gasteiger charge is -2.16. The molecule has 4 heteroatoms. The second-order valence-electron chi connectivity index (χ2n) is 4.96. The Morgan fingerprint density at radius 2 is 1.40 bits per heavy atom. The maximum atomic E-state index is 14.0. The summed E-state index contributed by atoms with van der Waals surface area (Å²) in [6, 6.07) is 5.21. The number of hydrogen-bond acceptors (Lipinski definition) is 1. The maximum Gasteiger partial charge on any atom is 0.135 e. The molecule has 2 aromatic rings. The lowest BCUT2D eigenvalue weighted by atomic mass is 9.95. The molecule has 0 aromatic heterocycles. The number of halogens is 3. The first kappa shape index (κ1) is 14.6. The van der Waals surface area contributed by atoms with Gasteiger partial charge in [-0.25, -0.2) is 13.2 Å². The average molecular weight is 280 g/mol. The van der Waals surface area contributed by atoms with Crippen molar-refractivity contribution in [2.45, 2.75) is 26.9 Å². The number of aliphatic hydroxyl groups is 1. The van der Waals surface area contributed by atoms with E-state index in [2.05, 4.69) is 0 Å². The van der Waals surface area contributed by atoms with Gasteiger partial charge in [-0.15, -0.1) is 0 Å². The van der Waals surface area contributed by atoms with Crippen LogP contribution in [0.2, 0.25) is 0 Å². The summed E-state index contributed by atoms with van der Waals surface area (Å²) in [5.41, 5.74) is 0.760. The molecular formula is C16H15F3O. The van der Waals surface area contributed by atoms with E-state index in [1.165, 1.54) is 25.1 Å². The third-order valence-corrected chi connectivity index (χ3v) is 3.37. The summed E-state index contributed by atoms with van der Waals surface area (Å²) in [6.45, 7) is 4.58. The summed E-state index contributed by atoms with van der Waals surface area (Å²) < 4.78 is 41.3. The summed E-state index contributed by atoms with van der Waals surface area (Å²) in [5, 5.41) is 10.2. The second kappa shape index (κ2) is 5.29. The highest BCUT2D eigenvalue weighted by molar-refractivity contribution is 5.38. The van der Waals surface area contributed by atoms with Crippen LogP contribution in [0.1, 0.15) is 33.9 Å². The molecule has 0 aliphatic carbocycles. The molecule has 0 heterocycles. The molecule has 0 amide bonds. The second-order valence-corrected chi connectivity index (χ2v) is 4.96. The van der Waals surface area contributed by atoms with Crippen LogP contribution in [0.3, 0.4) is 0 Å². The van der Waals surface area contributed by atoms with Crippen molar-refractivity contribution >= 4 is 0 Å². The Morgan fingerprint density at radius 1 is 0.850 bits per heavy atom. The van der Waals surface area contributed by atoms with Gasteiger partial charge in [0.05, 0.1) is 5.56 Å². The van der Waals surface area contributed by atoms with E-state index in [1.54, 1.807) is 13.8 Å². The molecule has 0 saturated carbocycles. The molecule has 1 N–H and O–H groups in total. The third kappa shape index (κ3) is 2.43. The SMILES string of the molecule is Cc1cc(C(O)c2c(F)ccc(C)c2F)cc(C)c1F. The molecule has 1 nitrogen and oxygen atoms in total. The zero-order chi connectivity index (χ0) is 15.0. The van der Waals surface area contributed by atoms with Gasteiger partial charge < -0.3 is 5.11 Å². The first-order valence-electron chi connectivity index (χ1n) is 6.22. The van der Waals surface area contributed by atoms with Crippen molar-refractivity contribution in [3.8, 4) is 0 Å². The highest BCUT2D eigenvalue weighted by atomic mass is 19.1. The minimum absolute atomic E-state index is 0.246. The van der Waals surface area contributed by atoms with E-state index in [0.29, 0.717) is 11.1 Å². The molecule has 0 fully saturated rings. The molecule has 1 unspecified atom stereocenters. The van der Waals surface area contributed by atoms with Gasteiger partial charge in [0.25, 0.3) is 0 Å². The van der Waals surface area contributed by atoms with Crippen LogP contribution in [0.5, 0.6) is 0 Å². The quantitative estimate of drug-likeness (QED) is 0.877. The van der Waals surface area contributed by atoms with Crippen molar-refractivity contribution in [2.24, 2.45) is 0 Å². The van der Waals surface area contributed by atoms with Crippen LogP contribution in [0.15, 0.2) is 24.3 Å². The molecule has 2 aromatic carbocycles. The predicted molar refractivity (Wildman–Crippen MR) is 71.0 cm³/mol. The van der Waals surface area contributed by atoms with Crippen molar-refractivity contribution in [1.82, 2.24) is 0 Å². The Bertz CT molecular complexity index is 642. The average Bonchev–Trinajstić information content (AvgIpc) is 2.40. The number of aliphatic hydroxyl groups excluding tert-OH is 1. The van der Waals surface area contributed by atoms with Gasteiger partial charge >= 0.3 is 0 Å². The minimum Gasteiger partial charge on any atom is -0.383 e. The van der Waals surface area contributed by atoms with Crippen molar-refractivity contribution in [1.29, 1.82) is 0 Å². The van der Waals surface area contributed by atoms with Crippen molar-refractivity contribution < 1.29 is 18.3 Å². The highest BCUT2D eigenvalue weighted by Gasteiger charge is 2.22. The Morgan fingerprint density at radius 3 is 1.95 bits per heavy atom. The molecule has 0 aliphatic heterocycles. The molecule has 1 atom stereocenters. The summed E-state index contributed by atoms with van der Waals surface area (Å²) >= 11 is 0. The van der Waals surface area contributed by atoms with Crippen LogP contribution in [-0.2, 0) is 0 Å². The Hall–Kier alpha value is -1.81. The monoisotopic (exact) mass is 280 g/mol. The molecular weight excluding hydrogens is 265 g/mol. The Kier molecular flexibility index (Phi) is 3.86. The lowest BCUT2D eigenvalue weighted by molar-refractivity contribution is 0.208. The van der Waals surface area contributed by atoms with Crippen LogP contribution in [0, 0.1) is 38.2 Å². The topological polar surface area (TPSA) is 20.2 Å². The number of benzene rings is 2. The molecule has 0 spiro atoms. The van der Waals surface area contributed by atoms with Crippen molar-refractivity contribution in [3.05, 3.63) is 69.5 Å². The number of rotatable bonds is 2. The zero-order valence-corrected chi connectivity index (χ0v) is 11.5. The summed E-state index contributed by atoms with van der Waals surface area (Å²) in [7, 11) is 0. The van der Waals surface area contributed by atoms with Gasteiger partial charge in [-0.05, 0) is 49.1 Å². The standard InChI is InChI=1S/C16H15F3O/c1-8-4-5-12(17)13(15(8)19)16(20)11-6-9(2)14(18)10(3)7-11/h4-7,16,20H,1-3H3. The number of hydrogen-bond donors (Lipinski definition) is 1. The van der Waals surface area contributed by atoms with E-state index >= 15 is 0 Å². The zero-order valence-electron chi connectivity index (χ0n) is 11.5. The van der Waals surface area contributed by atoms with Gasteiger partial charge in [-0.1, -0.05) is 18.2 Å². The van der Waals surface area contributed by atoms with Crippen molar-refractivity contribution in [2.75, 3.05) is 0 Å². The maximum absolute atomic E-state index is 14.0. The first-order chi connectivity index (χ1) is 9.32. The van der Waals surface area contributed by atoms with E-state index in [4.69, 9.17) is 0 Å². The van der Waals surface area contributed by atoms with Gasteiger partial charge in [0.2, 0.25) is 0 Å². The Balaban J connectivity index is 2.57. The minimum atomic E-state index is -1.46. The van der Waals surface area contributed by atoms with Crippen LogP contribution in [-0.4, -0.2) is 5.11 Å².